The molecule has 0 radical (unpaired) electrons. The highest BCUT2D eigenvalue weighted by atomic mass is 32.2. The lowest BCUT2D eigenvalue weighted by molar-refractivity contribution is -0.189. The highest BCUT2D eigenvalue weighted by molar-refractivity contribution is 7.92. The van der Waals surface area contributed by atoms with Crippen LogP contribution in [0.15, 0.2) is 65.6 Å². The first-order chi connectivity index (χ1) is 21.5. The number of morpholine rings is 1. The van der Waals surface area contributed by atoms with Gasteiger partial charge in [-0.3, -0.25) is 9.62 Å². The number of rotatable bonds is 11. The molecular formula is C31H31F3N2O8S. The summed E-state index contributed by atoms with van der Waals surface area (Å²) in [5.74, 6) is -3.62. The summed E-state index contributed by atoms with van der Waals surface area (Å²) in [6.07, 6.45) is -3.41. The largest absolute Gasteiger partial charge is 0.493 e. The third kappa shape index (κ3) is 8.32. The number of halogens is 3. The molecule has 2 heterocycles. The number of fused-ring (bicyclic) bond motifs is 1. The third-order valence-electron chi connectivity index (χ3n) is 7.26. The first kappa shape index (κ1) is 32.3. The van der Waals surface area contributed by atoms with Crippen molar-refractivity contribution in [1.29, 1.82) is 0 Å². The van der Waals surface area contributed by atoms with Crippen molar-refractivity contribution in [2.24, 2.45) is 0 Å². The molecule has 0 spiro atoms. The summed E-state index contributed by atoms with van der Waals surface area (Å²) in [5.41, 5.74) is 1.71. The summed E-state index contributed by atoms with van der Waals surface area (Å²) >= 11 is 0. The van der Waals surface area contributed by atoms with E-state index in [-0.39, 0.29) is 17.2 Å². The molecule has 3 aromatic rings. The predicted octanol–water partition coefficient (Wildman–Crippen LogP) is 4.83. The van der Waals surface area contributed by atoms with Gasteiger partial charge in [0.05, 0.1) is 37.0 Å². The van der Waals surface area contributed by atoms with Crippen molar-refractivity contribution in [3.63, 3.8) is 0 Å². The molecule has 0 saturated carbocycles. The summed E-state index contributed by atoms with van der Waals surface area (Å²) in [6.45, 7) is 4.24. The Morgan fingerprint density at radius 3 is 2.49 bits per heavy atom. The van der Waals surface area contributed by atoms with Crippen molar-refractivity contribution in [1.82, 2.24) is 4.90 Å². The van der Waals surface area contributed by atoms with Crippen molar-refractivity contribution in [2.75, 3.05) is 50.8 Å². The van der Waals surface area contributed by atoms with Crippen LogP contribution in [0.2, 0.25) is 0 Å². The van der Waals surface area contributed by atoms with E-state index in [1.54, 1.807) is 12.1 Å². The van der Waals surface area contributed by atoms with Gasteiger partial charge in [-0.2, -0.15) is 13.2 Å². The number of hydrogen-bond donors (Lipinski definition) is 1. The van der Waals surface area contributed by atoms with Crippen LogP contribution < -0.4 is 14.2 Å². The second kappa shape index (κ2) is 13.9. The van der Waals surface area contributed by atoms with Crippen LogP contribution in [-0.4, -0.2) is 77.5 Å². The standard InChI is InChI=1S/C31H31F3N2O8S/c32-31(33,34)30(38)44-28-20-24(7-8-26(28)29(37)43-14-2-1-11-36-12-16-41-17-13-36)35-45(39,40)25-5-3-4-21(19-25)22-6-9-27-23(18-22)10-15-42-27/h3-9,18-20,35H,1-2,10-17H2. The number of carbonyl (C=O) groups is 2. The SMILES string of the molecule is O=C(OCCCCN1CCOCC1)c1ccc(NS(=O)(=O)c2cccc(-c3ccc4c(c3)CCO4)c2)cc1OC(=O)C(F)(F)F. The van der Waals surface area contributed by atoms with Crippen LogP contribution >= 0.6 is 0 Å². The number of carbonyl (C=O) groups excluding carboxylic acids is 2. The number of nitrogens with zero attached hydrogens (tertiary/aromatic N) is 1. The summed E-state index contributed by atoms with van der Waals surface area (Å²) in [5, 5.41) is 0. The van der Waals surface area contributed by atoms with E-state index in [4.69, 9.17) is 14.2 Å². The van der Waals surface area contributed by atoms with Crippen LogP contribution in [0.1, 0.15) is 28.8 Å². The molecule has 2 aliphatic heterocycles. The zero-order chi connectivity index (χ0) is 32.0. The Labute approximate surface area is 258 Å². The summed E-state index contributed by atoms with van der Waals surface area (Å²) in [6, 6.07) is 14.7. The van der Waals surface area contributed by atoms with Gasteiger partial charge in [0.2, 0.25) is 0 Å². The molecule has 0 aliphatic carbocycles. The maximum absolute atomic E-state index is 13.3. The fraction of sp³-hybridized carbons (Fsp3) is 0.355. The number of alkyl halides is 3. The topological polar surface area (TPSA) is 120 Å². The maximum Gasteiger partial charge on any atom is 0.491 e. The number of unbranched alkanes of at least 4 members (excludes halogenated alkanes) is 1. The van der Waals surface area contributed by atoms with Gasteiger partial charge in [-0.1, -0.05) is 18.2 Å². The molecule has 240 valence electrons. The van der Waals surface area contributed by atoms with Gasteiger partial charge in [-0.15, -0.1) is 0 Å². The number of nitrogens with one attached hydrogen (secondary N) is 1. The van der Waals surface area contributed by atoms with Crippen molar-refractivity contribution in [3.8, 4) is 22.6 Å². The van der Waals surface area contributed by atoms with Crippen molar-refractivity contribution < 1.29 is 50.1 Å². The first-order valence-electron chi connectivity index (χ1n) is 14.3. The van der Waals surface area contributed by atoms with E-state index in [0.29, 0.717) is 38.2 Å². The minimum Gasteiger partial charge on any atom is -0.493 e. The van der Waals surface area contributed by atoms with E-state index in [1.807, 2.05) is 18.2 Å². The second-order valence-electron chi connectivity index (χ2n) is 10.4. The highest BCUT2D eigenvalue weighted by Gasteiger charge is 2.42. The molecule has 10 nitrogen and oxygen atoms in total. The number of hydrogen-bond acceptors (Lipinski definition) is 9. The second-order valence-corrected chi connectivity index (χ2v) is 12.1. The fourth-order valence-corrected chi connectivity index (χ4v) is 6.02. The molecule has 0 atom stereocenters. The Balaban J connectivity index is 1.29. The van der Waals surface area contributed by atoms with Gasteiger partial charge in [-0.25, -0.2) is 18.0 Å². The van der Waals surface area contributed by atoms with Gasteiger partial charge in [0, 0.05) is 25.6 Å². The first-order valence-corrected chi connectivity index (χ1v) is 15.8. The van der Waals surface area contributed by atoms with Gasteiger partial charge in [0.1, 0.15) is 17.1 Å². The quantitative estimate of drug-likeness (QED) is 0.177. The average Bonchev–Trinajstić information content (AvgIpc) is 3.49. The predicted molar refractivity (Wildman–Crippen MR) is 157 cm³/mol. The van der Waals surface area contributed by atoms with Crippen LogP contribution in [0.4, 0.5) is 18.9 Å². The fourth-order valence-electron chi connectivity index (χ4n) is 4.92. The van der Waals surface area contributed by atoms with Crippen LogP contribution in [0, 0.1) is 0 Å². The Bertz CT molecular complexity index is 1660. The highest BCUT2D eigenvalue weighted by Crippen LogP contribution is 2.32. The molecule has 45 heavy (non-hydrogen) atoms. The van der Waals surface area contributed by atoms with Crippen LogP contribution in [-0.2, 0) is 30.7 Å². The molecule has 0 bridgehead atoms. The Morgan fingerprint density at radius 1 is 0.933 bits per heavy atom. The molecule has 14 heteroatoms. The minimum atomic E-state index is -5.36. The van der Waals surface area contributed by atoms with Gasteiger partial charge in [0.25, 0.3) is 10.0 Å². The molecule has 0 aromatic heterocycles. The van der Waals surface area contributed by atoms with E-state index in [0.717, 1.165) is 55.1 Å². The molecule has 0 unspecified atom stereocenters. The number of sulfonamides is 1. The molecule has 1 N–H and O–H groups in total. The Kier molecular flexibility index (Phi) is 9.95. The Hall–Kier alpha value is -4.14. The monoisotopic (exact) mass is 648 g/mol. The van der Waals surface area contributed by atoms with E-state index >= 15 is 0 Å². The van der Waals surface area contributed by atoms with Crippen molar-refractivity contribution in [3.05, 3.63) is 71.8 Å². The normalized spacial score (nSPS) is 15.2. The molecule has 2 aliphatic rings. The average molecular weight is 649 g/mol. The van der Waals surface area contributed by atoms with Crippen LogP contribution in [0.3, 0.4) is 0 Å². The van der Waals surface area contributed by atoms with Crippen LogP contribution in [0.25, 0.3) is 11.1 Å². The summed E-state index contributed by atoms with van der Waals surface area (Å²) < 4.78 is 88.5. The number of benzene rings is 3. The van der Waals surface area contributed by atoms with Gasteiger partial charge < -0.3 is 18.9 Å². The molecular weight excluding hydrogens is 617 g/mol. The van der Waals surface area contributed by atoms with E-state index in [1.165, 1.54) is 18.2 Å². The molecule has 5 rings (SSSR count). The number of anilines is 1. The van der Waals surface area contributed by atoms with Crippen molar-refractivity contribution >= 4 is 27.6 Å². The zero-order valence-corrected chi connectivity index (χ0v) is 24.9. The van der Waals surface area contributed by atoms with Gasteiger partial charge in [0.15, 0.2) is 0 Å². The van der Waals surface area contributed by atoms with Gasteiger partial charge >= 0.3 is 18.1 Å². The minimum absolute atomic E-state index is 0.0161. The molecule has 1 fully saturated rings. The molecule has 0 amide bonds. The zero-order valence-electron chi connectivity index (χ0n) is 24.1. The molecule has 1 saturated heterocycles. The van der Waals surface area contributed by atoms with Crippen LogP contribution in [0.5, 0.6) is 11.5 Å². The maximum atomic E-state index is 13.3. The van der Waals surface area contributed by atoms with E-state index < -0.39 is 39.5 Å². The van der Waals surface area contributed by atoms with Crippen molar-refractivity contribution in [2.45, 2.75) is 30.3 Å². The third-order valence-corrected chi connectivity index (χ3v) is 8.64. The van der Waals surface area contributed by atoms with Gasteiger partial charge in [-0.05, 0) is 72.5 Å². The number of ether oxygens (including phenoxy) is 4. The lowest BCUT2D eigenvalue weighted by Crippen LogP contribution is -2.36. The summed E-state index contributed by atoms with van der Waals surface area (Å²) in [4.78, 5) is 26.5. The lowest BCUT2D eigenvalue weighted by Gasteiger charge is -2.26. The lowest BCUT2D eigenvalue weighted by atomic mass is 10.0. The molecule has 3 aromatic carbocycles. The smallest absolute Gasteiger partial charge is 0.491 e. The van der Waals surface area contributed by atoms with E-state index in [2.05, 4.69) is 14.4 Å². The van der Waals surface area contributed by atoms with E-state index in [9.17, 15) is 31.2 Å². The number of esters is 2. The summed E-state index contributed by atoms with van der Waals surface area (Å²) in [7, 11) is -4.26. The Morgan fingerprint density at radius 2 is 1.71 bits per heavy atom.